The van der Waals surface area contributed by atoms with Crippen LogP contribution in [0.2, 0.25) is 0 Å². The quantitative estimate of drug-likeness (QED) is 0.677. The molecule has 1 saturated heterocycles. The third kappa shape index (κ3) is 5.57. The van der Waals surface area contributed by atoms with E-state index in [1.807, 2.05) is 0 Å². The van der Waals surface area contributed by atoms with E-state index in [0.29, 0.717) is 19.0 Å². The molecule has 1 aliphatic rings. The number of halogens is 5. The lowest BCUT2D eigenvalue weighted by Gasteiger charge is -2.26. The van der Waals surface area contributed by atoms with E-state index >= 15 is 0 Å². The molecular weight excluding hydrogens is 366 g/mol. The SMILES string of the molecule is Cl.O=C(CNC(=O)c1cccc(C(F)(F)F)c1)NC1(CF)CCNC1. The van der Waals surface area contributed by atoms with E-state index in [1.54, 1.807) is 0 Å². The van der Waals surface area contributed by atoms with Crippen molar-refractivity contribution in [1.29, 1.82) is 0 Å². The molecule has 5 nitrogen and oxygen atoms in total. The minimum atomic E-state index is -4.56. The van der Waals surface area contributed by atoms with Crippen LogP contribution in [0.25, 0.3) is 0 Å². The highest BCUT2D eigenvalue weighted by atomic mass is 35.5. The van der Waals surface area contributed by atoms with Gasteiger partial charge in [0, 0.05) is 12.1 Å². The zero-order chi connectivity index (χ0) is 17.8. The molecule has 3 N–H and O–H groups in total. The van der Waals surface area contributed by atoms with Crippen molar-refractivity contribution in [2.24, 2.45) is 0 Å². The molecule has 1 atom stereocenters. The maximum Gasteiger partial charge on any atom is 0.416 e. The molecular formula is C15H18ClF4N3O2. The van der Waals surface area contributed by atoms with Gasteiger partial charge in [0.25, 0.3) is 5.91 Å². The van der Waals surface area contributed by atoms with Gasteiger partial charge in [-0.15, -0.1) is 12.4 Å². The smallest absolute Gasteiger partial charge is 0.345 e. The molecule has 0 radical (unpaired) electrons. The van der Waals surface area contributed by atoms with Gasteiger partial charge in [-0.1, -0.05) is 6.07 Å². The summed E-state index contributed by atoms with van der Waals surface area (Å²) in [5.74, 6) is -1.41. The summed E-state index contributed by atoms with van der Waals surface area (Å²) in [6.45, 7) is -0.332. The Kier molecular flexibility index (Phi) is 7.18. The van der Waals surface area contributed by atoms with Gasteiger partial charge in [-0.05, 0) is 31.2 Å². The van der Waals surface area contributed by atoms with Crippen LogP contribution in [-0.2, 0) is 11.0 Å². The van der Waals surface area contributed by atoms with Gasteiger partial charge >= 0.3 is 6.18 Å². The van der Waals surface area contributed by atoms with Crippen molar-refractivity contribution in [2.45, 2.75) is 18.1 Å². The number of carbonyl (C=O) groups excluding carboxylic acids is 2. The molecule has 1 aromatic carbocycles. The van der Waals surface area contributed by atoms with Gasteiger partial charge in [0.15, 0.2) is 0 Å². The van der Waals surface area contributed by atoms with Crippen molar-refractivity contribution in [3.05, 3.63) is 35.4 Å². The number of rotatable bonds is 5. The molecule has 2 rings (SSSR count). The van der Waals surface area contributed by atoms with Crippen LogP contribution >= 0.6 is 12.4 Å². The molecule has 0 spiro atoms. The van der Waals surface area contributed by atoms with E-state index in [4.69, 9.17) is 0 Å². The van der Waals surface area contributed by atoms with Crippen molar-refractivity contribution in [2.75, 3.05) is 26.3 Å². The molecule has 1 unspecified atom stereocenters. The molecule has 25 heavy (non-hydrogen) atoms. The number of benzene rings is 1. The lowest BCUT2D eigenvalue weighted by atomic mass is 10.0. The Balaban J connectivity index is 0.00000312. The topological polar surface area (TPSA) is 70.2 Å². The second kappa shape index (κ2) is 8.48. The Hall–Kier alpha value is -1.87. The number of nitrogens with one attached hydrogen (secondary N) is 3. The first kappa shape index (κ1) is 21.2. The molecule has 2 amide bonds. The fraction of sp³-hybridized carbons (Fsp3) is 0.467. The van der Waals surface area contributed by atoms with Gasteiger partial charge in [-0.25, -0.2) is 4.39 Å². The zero-order valence-corrected chi connectivity index (χ0v) is 13.9. The highest BCUT2D eigenvalue weighted by Crippen LogP contribution is 2.29. The van der Waals surface area contributed by atoms with E-state index in [9.17, 15) is 27.2 Å². The lowest BCUT2D eigenvalue weighted by molar-refractivity contribution is -0.137. The van der Waals surface area contributed by atoms with Crippen molar-refractivity contribution >= 4 is 24.2 Å². The summed E-state index contributed by atoms with van der Waals surface area (Å²) in [6, 6.07) is 3.88. The van der Waals surface area contributed by atoms with Gasteiger partial charge in [-0.2, -0.15) is 13.2 Å². The van der Waals surface area contributed by atoms with Crippen LogP contribution in [0, 0.1) is 0 Å². The largest absolute Gasteiger partial charge is 0.416 e. The monoisotopic (exact) mass is 383 g/mol. The maximum absolute atomic E-state index is 13.1. The predicted molar refractivity (Wildman–Crippen MR) is 85.4 cm³/mol. The summed E-state index contributed by atoms with van der Waals surface area (Å²) in [5.41, 5.74) is -2.15. The molecule has 1 heterocycles. The predicted octanol–water partition coefficient (Wildman–Crippen LogP) is 1.67. The average Bonchev–Trinajstić information content (AvgIpc) is 3.01. The van der Waals surface area contributed by atoms with E-state index in [1.165, 1.54) is 6.07 Å². The molecule has 1 fully saturated rings. The number of hydrogen-bond donors (Lipinski definition) is 3. The third-order valence-electron chi connectivity index (χ3n) is 3.77. The van der Waals surface area contributed by atoms with Crippen LogP contribution in [-0.4, -0.2) is 43.7 Å². The van der Waals surface area contributed by atoms with Crippen LogP contribution in [0.15, 0.2) is 24.3 Å². The Morgan fingerprint density at radius 1 is 1.28 bits per heavy atom. The summed E-state index contributed by atoms with van der Waals surface area (Å²) in [6.07, 6.45) is -4.13. The lowest BCUT2D eigenvalue weighted by Crippen LogP contribution is -2.54. The summed E-state index contributed by atoms with van der Waals surface area (Å²) < 4.78 is 50.9. The van der Waals surface area contributed by atoms with Crippen LogP contribution in [0.3, 0.4) is 0 Å². The standard InChI is InChI=1S/C15H17F4N3O2.ClH/c16-8-14(4-5-20-9-14)22-12(23)7-21-13(24)10-2-1-3-11(6-10)15(17,18)19;/h1-3,6,20H,4-5,7-9H2,(H,21,24)(H,22,23);1H. The minimum Gasteiger partial charge on any atom is -0.345 e. The normalized spacial score (nSPS) is 19.8. The van der Waals surface area contributed by atoms with E-state index in [2.05, 4.69) is 16.0 Å². The van der Waals surface area contributed by atoms with Crippen molar-refractivity contribution < 1.29 is 27.2 Å². The number of amides is 2. The Bertz CT molecular complexity index is 619. The van der Waals surface area contributed by atoms with Crippen molar-refractivity contribution in [3.63, 3.8) is 0 Å². The summed E-state index contributed by atoms with van der Waals surface area (Å²) in [7, 11) is 0. The van der Waals surface area contributed by atoms with Crippen LogP contribution in [0.1, 0.15) is 22.3 Å². The van der Waals surface area contributed by atoms with E-state index in [0.717, 1.165) is 12.1 Å². The third-order valence-corrected chi connectivity index (χ3v) is 3.77. The molecule has 0 bridgehead atoms. The first-order valence-electron chi connectivity index (χ1n) is 7.29. The fourth-order valence-corrected chi connectivity index (χ4v) is 2.44. The summed E-state index contributed by atoms with van der Waals surface area (Å²) in [5, 5.41) is 7.68. The Morgan fingerprint density at radius 2 is 2.00 bits per heavy atom. The minimum absolute atomic E-state index is 0. The summed E-state index contributed by atoms with van der Waals surface area (Å²) >= 11 is 0. The Labute approximate surface area is 147 Å². The molecule has 0 aromatic heterocycles. The molecule has 140 valence electrons. The van der Waals surface area contributed by atoms with Crippen molar-refractivity contribution in [3.8, 4) is 0 Å². The van der Waals surface area contributed by atoms with Crippen LogP contribution in [0.5, 0.6) is 0 Å². The Morgan fingerprint density at radius 3 is 2.56 bits per heavy atom. The first-order valence-corrected chi connectivity index (χ1v) is 7.29. The average molecular weight is 384 g/mol. The number of alkyl halides is 4. The van der Waals surface area contributed by atoms with Gasteiger partial charge in [-0.3, -0.25) is 9.59 Å². The molecule has 1 aromatic rings. The van der Waals surface area contributed by atoms with Gasteiger partial charge < -0.3 is 16.0 Å². The van der Waals surface area contributed by atoms with E-state index in [-0.39, 0.29) is 24.5 Å². The van der Waals surface area contributed by atoms with E-state index < -0.39 is 42.3 Å². The highest BCUT2D eigenvalue weighted by Gasteiger charge is 2.35. The van der Waals surface area contributed by atoms with Crippen LogP contribution < -0.4 is 16.0 Å². The van der Waals surface area contributed by atoms with Crippen molar-refractivity contribution in [1.82, 2.24) is 16.0 Å². The maximum atomic E-state index is 13.1. The second-order valence-corrected chi connectivity index (χ2v) is 5.65. The molecule has 0 aliphatic carbocycles. The number of carbonyl (C=O) groups is 2. The zero-order valence-electron chi connectivity index (χ0n) is 13.1. The highest BCUT2D eigenvalue weighted by molar-refractivity contribution is 5.96. The summed E-state index contributed by atoms with van der Waals surface area (Å²) in [4.78, 5) is 23.7. The number of hydrogen-bond acceptors (Lipinski definition) is 3. The van der Waals surface area contributed by atoms with Gasteiger partial charge in [0.1, 0.15) is 6.67 Å². The first-order chi connectivity index (χ1) is 11.3. The van der Waals surface area contributed by atoms with Crippen LogP contribution in [0.4, 0.5) is 17.6 Å². The molecule has 0 saturated carbocycles. The van der Waals surface area contributed by atoms with Gasteiger partial charge in [0.2, 0.25) is 5.91 Å². The second-order valence-electron chi connectivity index (χ2n) is 5.65. The fourth-order valence-electron chi connectivity index (χ4n) is 2.44. The molecule has 10 heteroatoms. The van der Waals surface area contributed by atoms with Gasteiger partial charge in [0.05, 0.1) is 17.6 Å². The molecule has 1 aliphatic heterocycles.